The number of benzene rings is 1. The Morgan fingerprint density at radius 2 is 1.89 bits per heavy atom. The number of carbonyl (C=O) groups is 1. The molecule has 2 aromatic rings. The maximum Gasteiger partial charge on any atom is 0.313 e. The number of carboxylic acid groups (broad SMARTS) is 1. The number of hydrogen-bond donors (Lipinski definition) is 1. The fourth-order valence-electron chi connectivity index (χ4n) is 1.66. The van der Waals surface area contributed by atoms with E-state index in [1.165, 1.54) is 19.1 Å². The summed E-state index contributed by atoms with van der Waals surface area (Å²) in [6.07, 6.45) is 0. The zero-order valence-corrected chi connectivity index (χ0v) is 10.6. The molecule has 0 saturated carbocycles. The summed E-state index contributed by atoms with van der Waals surface area (Å²) in [5.74, 6) is -1.82. The quantitative estimate of drug-likeness (QED) is 0.921. The molecule has 0 fully saturated rings. The molecule has 0 aliphatic carbocycles. The monoisotopic (exact) mass is 260 g/mol. The SMILES string of the molecule is Cc1cc(-c2ccc(F)cc2)nc(C(C)C(=O)O)n1. The second kappa shape index (κ2) is 5.14. The third kappa shape index (κ3) is 2.93. The van der Waals surface area contributed by atoms with Crippen molar-refractivity contribution in [3.05, 3.63) is 47.7 Å². The summed E-state index contributed by atoms with van der Waals surface area (Å²) in [7, 11) is 0. The Bertz CT molecular complexity index is 611. The van der Waals surface area contributed by atoms with Gasteiger partial charge in [0.1, 0.15) is 17.6 Å². The summed E-state index contributed by atoms with van der Waals surface area (Å²) in [5, 5.41) is 8.99. The Hall–Kier alpha value is -2.30. The molecule has 2 rings (SSSR count). The lowest BCUT2D eigenvalue weighted by atomic mass is 10.1. The molecule has 0 radical (unpaired) electrons. The largest absolute Gasteiger partial charge is 0.481 e. The molecule has 19 heavy (non-hydrogen) atoms. The molecule has 1 heterocycles. The topological polar surface area (TPSA) is 63.1 Å². The fraction of sp³-hybridized carbons (Fsp3) is 0.214. The maximum absolute atomic E-state index is 12.9. The van der Waals surface area contributed by atoms with E-state index in [1.807, 2.05) is 0 Å². The third-order valence-electron chi connectivity index (χ3n) is 2.77. The van der Waals surface area contributed by atoms with E-state index in [9.17, 15) is 9.18 Å². The van der Waals surface area contributed by atoms with Crippen LogP contribution in [0.4, 0.5) is 4.39 Å². The molecule has 1 N–H and O–H groups in total. The van der Waals surface area contributed by atoms with Crippen LogP contribution < -0.4 is 0 Å². The van der Waals surface area contributed by atoms with Gasteiger partial charge in [-0.15, -0.1) is 0 Å². The van der Waals surface area contributed by atoms with Gasteiger partial charge in [-0.1, -0.05) is 0 Å². The van der Waals surface area contributed by atoms with E-state index in [0.717, 1.165) is 5.56 Å². The highest BCUT2D eigenvalue weighted by Gasteiger charge is 2.18. The molecule has 1 atom stereocenters. The number of nitrogens with zero attached hydrogens (tertiary/aromatic N) is 2. The van der Waals surface area contributed by atoms with Crippen LogP contribution in [-0.4, -0.2) is 21.0 Å². The summed E-state index contributed by atoms with van der Waals surface area (Å²) >= 11 is 0. The smallest absolute Gasteiger partial charge is 0.313 e. The molecule has 98 valence electrons. The number of rotatable bonds is 3. The van der Waals surface area contributed by atoms with Crippen molar-refractivity contribution in [2.45, 2.75) is 19.8 Å². The lowest BCUT2D eigenvalue weighted by Crippen LogP contribution is -2.12. The molecule has 0 aliphatic rings. The van der Waals surface area contributed by atoms with E-state index in [0.29, 0.717) is 11.4 Å². The Labute approximate surface area is 110 Å². The van der Waals surface area contributed by atoms with Gasteiger partial charge in [0.2, 0.25) is 0 Å². The van der Waals surface area contributed by atoms with Crippen molar-refractivity contribution < 1.29 is 14.3 Å². The summed E-state index contributed by atoms with van der Waals surface area (Å²) < 4.78 is 12.9. The number of aromatic nitrogens is 2. The van der Waals surface area contributed by atoms with Gasteiger partial charge in [-0.25, -0.2) is 14.4 Å². The summed E-state index contributed by atoms with van der Waals surface area (Å²) in [4.78, 5) is 19.3. The Balaban J connectivity index is 2.47. The Morgan fingerprint density at radius 3 is 2.47 bits per heavy atom. The summed E-state index contributed by atoms with van der Waals surface area (Å²) in [6, 6.07) is 7.63. The minimum Gasteiger partial charge on any atom is -0.481 e. The number of aliphatic carboxylic acids is 1. The summed E-state index contributed by atoms with van der Waals surface area (Å²) in [6.45, 7) is 3.30. The zero-order valence-electron chi connectivity index (χ0n) is 10.6. The lowest BCUT2D eigenvalue weighted by molar-refractivity contribution is -0.138. The van der Waals surface area contributed by atoms with Crippen molar-refractivity contribution in [2.75, 3.05) is 0 Å². The molecule has 0 aliphatic heterocycles. The van der Waals surface area contributed by atoms with Crippen LogP contribution in [0, 0.1) is 12.7 Å². The van der Waals surface area contributed by atoms with E-state index in [2.05, 4.69) is 9.97 Å². The van der Waals surface area contributed by atoms with Gasteiger partial charge < -0.3 is 5.11 Å². The van der Waals surface area contributed by atoms with Crippen LogP contribution in [0.5, 0.6) is 0 Å². The van der Waals surface area contributed by atoms with Gasteiger partial charge in [-0.05, 0) is 44.2 Å². The van der Waals surface area contributed by atoms with Crippen molar-refractivity contribution in [3.63, 3.8) is 0 Å². The van der Waals surface area contributed by atoms with E-state index in [4.69, 9.17) is 5.11 Å². The van der Waals surface area contributed by atoms with Crippen LogP contribution in [0.15, 0.2) is 30.3 Å². The van der Waals surface area contributed by atoms with Crippen molar-refractivity contribution in [1.82, 2.24) is 9.97 Å². The van der Waals surface area contributed by atoms with Crippen LogP contribution >= 0.6 is 0 Å². The van der Waals surface area contributed by atoms with E-state index < -0.39 is 11.9 Å². The van der Waals surface area contributed by atoms with Crippen molar-refractivity contribution in [3.8, 4) is 11.3 Å². The molecule has 0 amide bonds. The predicted octanol–water partition coefficient (Wildman–Crippen LogP) is 2.78. The first-order valence-electron chi connectivity index (χ1n) is 5.81. The predicted molar refractivity (Wildman–Crippen MR) is 68.2 cm³/mol. The molecular weight excluding hydrogens is 247 g/mol. The number of carboxylic acids is 1. The molecule has 0 bridgehead atoms. The Morgan fingerprint density at radius 1 is 1.26 bits per heavy atom. The average molecular weight is 260 g/mol. The van der Waals surface area contributed by atoms with Crippen molar-refractivity contribution in [1.29, 1.82) is 0 Å². The van der Waals surface area contributed by atoms with E-state index in [1.54, 1.807) is 25.1 Å². The molecule has 0 spiro atoms. The van der Waals surface area contributed by atoms with Crippen LogP contribution in [0.1, 0.15) is 24.4 Å². The number of hydrogen-bond acceptors (Lipinski definition) is 3. The minimum atomic E-state index is -0.976. The molecule has 1 aromatic heterocycles. The highest BCUT2D eigenvalue weighted by atomic mass is 19.1. The van der Waals surface area contributed by atoms with Crippen molar-refractivity contribution in [2.24, 2.45) is 0 Å². The summed E-state index contributed by atoms with van der Waals surface area (Å²) in [5.41, 5.74) is 2.00. The van der Waals surface area contributed by atoms with Gasteiger partial charge in [0.25, 0.3) is 0 Å². The highest BCUT2D eigenvalue weighted by Crippen LogP contribution is 2.21. The van der Waals surface area contributed by atoms with Crippen molar-refractivity contribution >= 4 is 5.97 Å². The lowest BCUT2D eigenvalue weighted by Gasteiger charge is -2.09. The number of aryl methyl sites for hydroxylation is 1. The van der Waals surface area contributed by atoms with Gasteiger partial charge in [-0.3, -0.25) is 4.79 Å². The van der Waals surface area contributed by atoms with Gasteiger partial charge in [0.05, 0.1) is 5.69 Å². The normalized spacial score (nSPS) is 12.2. The molecule has 1 unspecified atom stereocenters. The highest BCUT2D eigenvalue weighted by molar-refractivity contribution is 5.74. The first-order chi connectivity index (χ1) is 8.97. The van der Waals surface area contributed by atoms with Crippen LogP contribution in [-0.2, 0) is 4.79 Å². The molecule has 1 aromatic carbocycles. The molecule has 4 nitrogen and oxygen atoms in total. The second-order valence-electron chi connectivity index (χ2n) is 4.32. The van der Waals surface area contributed by atoms with Gasteiger partial charge >= 0.3 is 5.97 Å². The van der Waals surface area contributed by atoms with Crippen LogP contribution in [0.2, 0.25) is 0 Å². The minimum absolute atomic E-state index is 0.256. The second-order valence-corrected chi connectivity index (χ2v) is 4.32. The third-order valence-corrected chi connectivity index (χ3v) is 2.77. The average Bonchev–Trinajstić information content (AvgIpc) is 2.37. The zero-order chi connectivity index (χ0) is 14.0. The van der Waals surface area contributed by atoms with Crippen LogP contribution in [0.25, 0.3) is 11.3 Å². The fourth-order valence-corrected chi connectivity index (χ4v) is 1.66. The molecule has 5 heteroatoms. The molecule has 0 saturated heterocycles. The number of halogens is 1. The maximum atomic E-state index is 12.9. The Kier molecular flexibility index (Phi) is 3.55. The van der Waals surface area contributed by atoms with Gasteiger partial charge in [0.15, 0.2) is 0 Å². The molecular formula is C14H13FN2O2. The van der Waals surface area contributed by atoms with Crippen LogP contribution in [0.3, 0.4) is 0 Å². The first-order valence-corrected chi connectivity index (χ1v) is 5.81. The van der Waals surface area contributed by atoms with Gasteiger partial charge in [-0.2, -0.15) is 0 Å². The van der Waals surface area contributed by atoms with E-state index >= 15 is 0 Å². The standard InChI is InChI=1S/C14H13FN2O2/c1-8-7-12(10-3-5-11(15)6-4-10)17-13(16-8)9(2)14(18)19/h3-7,9H,1-2H3,(H,18,19). The van der Waals surface area contributed by atoms with Gasteiger partial charge in [0, 0.05) is 11.3 Å². The first kappa shape index (κ1) is 13.1. The van der Waals surface area contributed by atoms with E-state index in [-0.39, 0.29) is 11.6 Å².